The fourth-order valence-corrected chi connectivity index (χ4v) is 2.07. The molecule has 70 valence electrons. The van der Waals surface area contributed by atoms with Crippen molar-refractivity contribution in [3.05, 3.63) is 21.9 Å². The van der Waals surface area contributed by atoms with Crippen LogP contribution in [-0.4, -0.2) is 17.0 Å². The van der Waals surface area contributed by atoms with E-state index in [-0.39, 0.29) is 5.91 Å². The zero-order chi connectivity index (χ0) is 9.42. The summed E-state index contributed by atoms with van der Waals surface area (Å²) in [4.78, 5) is 11.6. The molecule has 0 unspecified atom stereocenters. The van der Waals surface area contributed by atoms with E-state index in [9.17, 15) is 4.79 Å². The maximum absolute atomic E-state index is 11.6. The summed E-state index contributed by atoms with van der Waals surface area (Å²) in [7, 11) is 0. The molecule has 0 spiro atoms. The van der Waals surface area contributed by atoms with Crippen molar-refractivity contribution in [2.45, 2.75) is 19.9 Å². The molecule has 0 radical (unpaired) electrons. The van der Waals surface area contributed by atoms with Crippen LogP contribution < -0.4 is 5.32 Å². The van der Waals surface area contributed by atoms with Gasteiger partial charge in [0.15, 0.2) is 0 Å². The lowest BCUT2D eigenvalue weighted by atomic mass is 10.2. The molecule has 1 aromatic rings. The fourth-order valence-electron chi connectivity index (χ4n) is 1.64. The quantitative estimate of drug-likeness (QED) is 0.739. The molecular formula is C9H11BrN2O. The van der Waals surface area contributed by atoms with Crippen molar-refractivity contribution in [3.63, 3.8) is 0 Å². The summed E-state index contributed by atoms with van der Waals surface area (Å²) in [6, 6.07) is 0. The van der Waals surface area contributed by atoms with Crippen molar-refractivity contribution in [2.75, 3.05) is 6.54 Å². The maximum Gasteiger partial charge on any atom is 0.268 e. The first-order valence-corrected chi connectivity index (χ1v) is 5.13. The Hall–Kier alpha value is -0.770. The number of nitrogens with zero attached hydrogens (tertiary/aromatic N) is 1. The monoisotopic (exact) mass is 242 g/mol. The summed E-state index contributed by atoms with van der Waals surface area (Å²) in [6.45, 7) is 3.65. The van der Waals surface area contributed by atoms with E-state index in [1.54, 1.807) is 0 Å². The summed E-state index contributed by atoms with van der Waals surface area (Å²) in [5.74, 6) is 0.0423. The van der Waals surface area contributed by atoms with E-state index in [2.05, 4.69) is 21.2 Å². The van der Waals surface area contributed by atoms with E-state index >= 15 is 0 Å². The zero-order valence-corrected chi connectivity index (χ0v) is 9.02. The van der Waals surface area contributed by atoms with Crippen LogP contribution in [0.2, 0.25) is 0 Å². The standard InChI is InChI=1S/C9H11BrN2O/c1-6-7(10)5-12-4-2-3-11-9(13)8(6)12/h5H,2-4H2,1H3,(H,11,13). The van der Waals surface area contributed by atoms with Crippen LogP contribution in [-0.2, 0) is 6.54 Å². The highest BCUT2D eigenvalue weighted by molar-refractivity contribution is 9.10. The van der Waals surface area contributed by atoms with Crippen LogP contribution in [0.5, 0.6) is 0 Å². The lowest BCUT2D eigenvalue weighted by Crippen LogP contribution is -2.23. The number of aromatic nitrogens is 1. The first kappa shape index (κ1) is 8.81. The molecule has 1 amide bonds. The van der Waals surface area contributed by atoms with Gasteiger partial charge in [-0.05, 0) is 34.8 Å². The number of hydrogen-bond acceptors (Lipinski definition) is 1. The summed E-state index contributed by atoms with van der Waals surface area (Å²) < 4.78 is 3.03. The first-order chi connectivity index (χ1) is 6.20. The Labute approximate surface area is 85.2 Å². The second-order valence-corrected chi connectivity index (χ2v) is 4.11. The highest BCUT2D eigenvalue weighted by Crippen LogP contribution is 2.23. The van der Waals surface area contributed by atoms with Gasteiger partial charge >= 0.3 is 0 Å². The predicted octanol–water partition coefficient (Wildman–Crippen LogP) is 1.69. The number of carbonyl (C=O) groups excluding carboxylic acids is 1. The molecule has 1 aliphatic heterocycles. The lowest BCUT2D eigenvalue weighted by Gasteiger charge is -2.02. The van der Waals surface area contributed by atoms with Crippen molar-refractivity contribution in [2.24, 2.45) is 0 Å². The lowest BCUT2D eigenvalue weighted by molar-refractivity contribution is 0.0950. The Balaban J connectivity index is 2.54. The van der Waals surface area contributed by atoms with Gasteiger partial charge in [0.2, 0.25) is 0 Å². The summed E-state index contributed by atoms with van der Waals surface area (Å²) in [5, 5.41) is 2.87. The number of rotatable bonds is 0. The average Bonchev–Trinajstić information content (AvgIpc) is 2.29. The van der Waals surface area contributed by atoms with Crippen molar-refractivity contribution in [1.29, 1.82) is 0 Å². The zero-order valence-electron chi connectivity index (χ0n) is 7.43. The van der Waals surface area contributed by atoms with Crippen molar-refractivity contribution < 1.29 is 4.79 Å². The van der Waals surface area contributed by atoms with Gasteiger partial charge in [0.25, 0.3) is 5.91 Å². The Kier molecular flexibility index (Phi) is 2.15. The first-order valence-electron chi connectivity index (χ1n) is 4.33. The third-order valence-electron chi connectivity index (χ3n) is 2.35. The molecule has 2 rings (SSSR count). The summed E-state index contributed by atoms with van der Waals surface area (Å²) in [6.07, 6.45) is 2.98. The molecule has 0 aliphatic carbocycles. The van der Waals surface area contributed by atoms with Crippen molar-refractivity contribution in [1.82, 2.24) is 9.88 Å². The maximum atomic E-state index is 11.6. The number of hydrogen-bond donors (Lipinski definition) is 1. The van der Waals surface area contributed by atoms with Gasteiger partial charge in [-0.3, -0.25) is 4.79 Å². The minimum Gasteiger partial charge on any atom is -0.351 e. The van der Waals surface area contributed by atoms with E-state index in [1.165, 1.54) is 0 Å². The largest absolute Gasteiger partial charge is 0.351 e. The third-order valence-corrected chi connectivity index (χ3v) is 3.15. The van der Waals surface area contributed by atoms with Gasteiger partial charge in [0.1, 0.15) is 5.69 Å². The number of nitrogens with one attached hydrogen (secondary N) is 1. The van der Waals surface area contributed by atoms with E-state index < -0.39 is 0 Å². The van der Waals surface area contributed by atoms with Crippen LogP contribution in [0, 0.1) is 6.92 Å². The third kappa shape index (κ3) is 1.39. The van der Waals surface area contributed by atoms with Gasteiger partial charge in [-0.2, -0.15) is 0 Å². The van der Waals surface area contributed by atoms with Gasteiger partial charge < -0.3 is 9.88 Å². The van der Waals surface area contributed by atoms with Crippen molar-refractivity contribution in [3.8, 4) is 0 Å². The molecular weight excluding hydrogens is 232 g/mol. The molecule has 3 nitrogen and oxygen atoms in total. The van der Waals surface area contributed by atoms with Crippen LogP contribution in [0.25, 0.3) is 0 Å². The SMILES string of the molecule is Cc1c(Br)cn2c1C(=O)NCCC2. The Morgan fingerprint density at radius 3 is 3.15 bits per heavy atom. The normalized spacial score (nSPS) is 16.3. The van der Waals surface area contributed by atoms with Gasteiger partial charge in [-0.1, -0.05) is 0 Å². The molecule has 2 heterocycles. The molecule has 0 aromatic carbocycles. The Morgan fingerprint density at radius 2 is 2.38 bits per heavy atom. The molecule has 1 aromatic heterocycles. The minimum atomic E-state index is 0.0423. The average molecular weight is 243 g/mol. The topological polar surface area (TPSA) is 34.0 Å². The smallest absolute Gasteiger partial charge is 0.268 e. The molecule has 4 heteroatoms. The second kappa shape index (κ2) is 3.18. The summed E-state index contributed by atoms with van der Waals surface area (Å²) in [5.41, 5.74) is 1.82. The van der Waals surface area contributed by atoms with E-state index in [0.29, 0.717) is 0 Å². The molecule has 0 atom stereocenters. The van der Waals surface area contributed by atoms with E-state index in [0.717, 1.165) is 35.2 Å². The van der Waals surface area contributed by atoms with E-state index in [4.69, 9.17) is 0 Å². The van der Waals surface area contributed by atoms with Crippen LogP contribution >= 0.6 is 15.9 Å². The fraction of sp³-hybridized carbons (Fsp3) is 0.444. The molecule has 0 saturated heterocycles. The second-order valence-electron chi connectivity index (χ2n) is 3.25. The molecule has 0 saturated carbocycles. The molecule has 13 heavy (non-hydrogen) atoms. The van der Waals surface area contributed by atoms with Crippen LogP contribution in [0.3, 0.4) is 0 Å². The highest BCUT2D eigenvalue weighted by atomic mass is 79.9. The van der Waals surface area contributed by atoms with Crippen LogP contribution in [0.15, 0.2) is 10.7 Å². The molecule has 1 N–H and O–H groups in total. The van der Waals surface area contributed by atoms with Gasteiger partial charge in [0.05, 0.1) is 0 Å². The molecule has 0 fully saturated rings. The molecule has 0 bridgehead atoms. The van der Waals surface area contributed by atoms with Crippen LogP contribution in [0.4, 0.5) is 0 Å². The summed E-state index contributed by atoms with van der Waals surface area (Å²) >= 11 is 3.43. The van der Waals surface area contributed by atoms with Crippen LogP contribution in [0.1, 0.15) is 22.5 Å². The number of aryl methyl sites for hydroxylation is 1. The minimum absolute atomic E-state index is 0.0423. The number of halogens is 1. The number of amides is 1. The van der Waals surface area contributed by atoms with Gasteiger partial charge in [0, 0.05) is 23.8 Å². The number of fused-ring (bicyclic) bond motifs is 1. The molecule has 1 aliphatic rings. The Morgan fingerprint density at radius 1 is 1.62 bits per heavy atom. The Bertz CT molecular complexity index is 357. The number of carbonyl (C=O) groups is 1. The van der Waals surface area contributed by atoms with Crippen molar-refractivity contribution >= 4 is 21.8 Å². The highest BCUT2D eigenvalue weighted by Gasteiger charge is 2.19. The van der Waals surface area contributed by atoms with Gasteiger partial charge in [-0.15, -0.1) is 0 Å². The van der Waals surface area contributed by atoms with Gasteiger partial charge in [-0.25, -0.2) is 0 Å². The predicted molar refractivity (Wildman–Crippen MR) is 53.8 cm³/mol. The van der Waals surface area contributed by atoms with E-state index in [1.807, 2.05) is 17.7 Å².